The molecule has 0 unspecified atom stereocenters. The third kappa shape index (κ3) is 6.79. The van der Waals surface area contributed by atoms with Crippen LogP contribution in [0.5, 0.6) is 0 Å². The smallest absolute Gasteiger partial charge is 0.251 e. The monoisotopic (exact) mass is 429 g/mol. The minimum absolute atomic E-state index is 0.00669. The lowest BCUT2D eigenvalue weighted by Gasteiger charge is -2.16. The summed E-state index contributed by atoms with van der Waals surface area (Å²) in [7, 11) is 1.75. The van der Waals surface area contributed by atoms with E-state index in [2.05, 4.69) is 35.6 Å². The summed E-state index contributed by atoms with van der Waals surface area (Å²) in [5.74, 6) is -0.141. The molecule has 166 valence electrons. The molecule has 0 fully saturated rings. The molecule has 0 aliphatic heterocycles. The molecular weight excluding hydrogens is 398 g/mol. The Kier molecular flexibility index (Phi) is 8.58. The van der Waals surface area contributed by atoms with E-state index in [9.17, 15) is 9.59 Å². The minimum Gasteiger partial charge on any atom is -0.352 e. The second-order valence-electron chi connectivity index (χ2n) is 7.93. The van der Waals surface area contributed by atoms with Gasteiger partial charge in [0.05, 0.1) is 6.54 Å². The Balaban J connectivity index is 1.50. The predicted molar refractivity (Wildman–Crippen MR) is 129 cm³/mol. The third-order valence-corrected chi connectivity index (χ3v) is 5.45. The molecule has 0 radical (unpaired) electrons. The van der Waals surface area contributed by atoms with Crippen molar-refractivity contribution in [1.29, 1.82) is 0 Å². The highest BCUT2D eigenvalue weighted by Crippen LogP contribution is 2.21. The number of hydrogen-bond acceptors (Lipinski definition) is 3. The number of benzene rings is 3. The summed E-state index contributed by atoms with van der Waals surface area (Å²) in [5, 5.41) is 3.00. The molecular formula is C27H31N3O2. The molecule has 3 rings (SSSR count). The Bertz CT molecular complexity index is 1020. The zero-order chi connectivity index (χ0) is 22.8. The summed E-state index contributed by atoms with van der Waals surface area (Å²) in [5.41, 5.74) is 10.5. The van der Waals surface area contributed by atoms with E-state index in [0.29, 0.717) is 18.7 Å². The van der Waals surface area contributed by atoms with Crippen LogP contribution < -0.4 is 11.1 Å². The zero-order valence-electron chi connectivity index (χ0n) is 18.6. The lowest BCUT2D eigenvalue weighted by Crippen LogP contribution is -2.32. The van der Waals surface area contributed by atoms with Crippen LogP contribution in [0.25, 0.3) is 11.1 Å². The van der Waals surface area contributed by atoms with Crippen LogP contribution in [0.15, 0.2) is 78.9 Å². The van der Waals surface area contributed by atoms with Gasteiger partial charge in [-0.1, -0.05) is 60.7 Å². The number of unbranched alkanes of at least 4 members (excludes halogenated alkanes) is 1. The molecule has 0 heterocycles. The van der Waals surface area contributed by atoms with Crippen molar-refractivity contribution in [2.75, 3.05) is 20.1 Å². The number of rotatable bonds is 10. The Morgan fingerprint density at radius 3 is 2.28 bits per heavy atom. The van der Waals surface area contributed by atoms with Crippen LogP contribution in [0.2, 0.25) is 0 Å². The molecule has 0 bridgehead atoms. The first kappa shape index (κ1) is 23.2. The maximum absolute atomic E-state index is 12.4. The highest BCUT2D eigenvalue weighted by atomic mass is 16.2. The van der Waals surface area contributed by atoms with Gasteiger partial charge in [-0.05, 0) is 59.7 Å². The summed E-state index contributed by atoms with van der Waals surface area (Å²) in [4.78, 5) is 25.8. The maximum Gasteiger partial charge on any atom is 0.251 e. The normalized spacial score (nSPS) is 10.6. The van der Waals surface area contributed by atoms with Gasteiger partial charge in [-0.2, -0.15) is 0 Å². The Morgan fingerprint density at radius 1 is 0.844 bits per heavy atom. The average molecular weight is 430 g/mol. The lowest BCUT2D eigenvalue weighted by molar-refractivity contribution is -0.128. The third-order valence-electron chi connectivity index (χ3n) is 5.45. The first-order valence-electron chi connectivity index (χ1n) is 11.0. The van der Waals surface area contributed by atoms with Gasteiger partial charge in [0.15, 0.2) is 0 Å². The van der Waals surface area contributed by atoms with Gasteiger partial charge in [-0.3, -0.25) is 9.59 Å². The molecule has 0 saturated heterocycles. The molecule has 5 nitrogen and oxygen atoms in total. The van der Waals surface area contributed by atoms with E-state index in [0.717, 1.165) is 36.0 Å². The van der Waals surface area contributed by atoms with Crippen molar-refractivity contribution in [2.45, 2.75) is 25.8 Å². The van der Waals surface area contributed by atoms with Crippen LogP contribution in [-0.2, 0) is 17.8 Å². The van der Waals surface area contributed by atoms with Crippen molar-refractivity contribution in [3.8, 4) is 11.1 Å². The number of nitrogens with one attached hydrogen (secondary N) is 1. The molecule has 3 aromatic rings. The summed E-state index contributed by atoms with van der Waals surface area (Å²) in [6.45, 7) is 1.19. The summed E-state index contributed by atoms with van der Waals surface area (Å²) in [6, 6.07) is 26.1. The number of carbonyl (C=O) groups is 2. The number of likely N-dealkylation sites (N-methyl/N-ethyl adjacent to an activating group) is 1. The molecule has 0 atom stereocenters. The molecule has 0 aromatic heterocycles. The van der Waals surface area contributed by atoms with Crippen molar-refractivity contribution < 1.29 is 9.59 Å². The molecule has 32 heavy (non-hydrogen) atoms. The van der Waals surface area contributed by atoms with Crippen LogP contribution in [0, 0.1) is 0 Å². The topological polar surface area (TPSA) is 75.4 Å². The van der Waals surface area contributed by atoms with Gasteiger partial charge in [0.25, 0.3) is 5.91 Å². The second-order valence-corrected chi connectivity index (χ2v) is 7.93. The second kappa shape index (κ2) is 11.8. The van der Waals surface area contributed by atoms with Gasteiger partial charge in [0.1, 0.15) is 0 Å². The summed E-state index contributed by atoms with van der Waals surface area (Å²) in [6.07, 6.45) is 3.03. The maximum atomic E-state index is 12.4. The molecule has 2 amide bonds. The van der Waals surface area contributed by atoms with Crippen LogP contribution in [0.4, 0.5) is 0 Å². The van der Waals surface area contributed by atoms with E-state index in [1.54, 1.807) is 11.9 Å². The Morgan fingerprint density at radius 2 is 1.56 bits per heavy atom. The molecule has 0 aliphatic carbocycles. The fourth-order valence-corrected chi connectivity index (χ4v) is 3.58. The number of carbonyl (C=O) groups excluding carboxylic acids is 2. The Labute approximate surface area is 190 Å². The number of nitrogens with zero attached hydrogens (tertiary/aromatic N) is 1. The molecule has 0 spiro atoms. The highest BCUT2D eigenvalue weighted by molar-refractivity contribution is 5.94. The zero-order valence-corrected chi connectivity index (χ0v) is 18.6. The first-order valence-corrected chi connectivity index (χ1v) is 11.0. The van der Waals surface area contributed by atoms with Crippen LogP contribution in [-0.4, -0.2) is 36.9 Å². The van der Waals surface area contributed by atoms with Gasteiger partial charge >= 0.3 is 0 Å². The number of amides is 2. The standard InChI is InChI=1S/C27H31N3O2/c1-30(26(31)19-28)20-22-11-7-12-25(18-22)23-13-15-24(16-14-23)27(32)29-17-6-5-10-21-8-3-2-4-9-21/h2-4,7-9,11-16,18H,5-6,10,17,19-20,28H2,1H3,(H,29,32). The fraction of sp³-hybridized carbons (Fsp3) is 0.259. The Hall–Kier alpha value is -3.44. The number of hydrogen-bond donors (Lipinski definition) is 2. The molecule has 0 aliphatic rings. The SMILES string of the molecule is CN(Cc1cccc(-c2ccc(C(=O)NCCCCc3ccccc3)cc2)c1)C(=O)CN. The van der Waals surface area contributed by atoms with Crippen molar-refractivity contribution in [1.82, 2.24) is 10.2 Å². The lowest BCUT2D eigenvalue weighted by atomic mass is 10.0. The van der Waals surface area contributed by atoms with Gasteiger partial charge in [0, 0.05) is 25.7 Å². The van der Waals surface area contributed by atoms with E-state index in [4.69, 9.17) is 5.73 Å². The molecule has 0 saturated carbocycles. The van der Waals surface area contributed by atoms with E-state index in [-0.39, 0.29) is 18.4 Å². The first-order chi connectivity index (χ1) is 15.6. The summed E-state index contributed by atoms with van der Waals surface area (Å²) < 4.78 is 0. The predicted octanol–water partition coefficient (Wildman–Crippen LogP) is 4.02. The minimum atomic E-state index is -0.0918. The van der Waals surface area contributed by atoms with E-state index >= 15 is 0 Å². The summed E-state index contributed by atoms with van der Waals surface area (Å²) >= 11 is 0. The van der Waals surface area contributed by atoms with Crippen molar-refractivity contribution >= 4 is 11.8 Å². The quantitative estimate of drug-likeness (QED) is 0.478. The fourth-order valence-electron chi connectivity index (χ4n) is 3.58. The van der Waals surface area contributed by atoms with Gasteiger partial charge < -0.3 is 16.0 Å². The van der Waals surface area contributed by atoms with E-state index in [1.807, 2.05) is 48.5 Å². The van der Waals surface area contributed by atoms with Crippen LogP contribution in [0.1, 0.15) is 34.3 Å². The van der Waals surface area contributed by atoms with E-state index < -0.39 is 0 Å². The largest absolute Gasteiger partial charge is 0.352 e. The highest BCUT2D eigenvalue weighted by Gasteiger charge is 2.09. The average Bonchev–Trinajstić information content (AvgIpc) is 2.84. The van der Waals surface area contributed by atoms with Crippen LogP contribution in [0.3, 0.4) is 0 Å². The number of aryl methyl sites for hydroxylation is 1. The van der Waals surface area contributed by atoms with Crippen LogP contribution >= 0.6 is 0 Å². The molecule has 5 heteroatoms. The molecule has 3 N–H and O–H groups in total. The van der Waals surface area contributed by atoms with E-state index in [1.165, 1.54) is 5.56 Å². The van der Waals surface area contributed by atoms with Crippen molar-refractivity contribution in [3.63, 3.8) is 0 Å². The molecule has 3 aromatic carbocycles. The van der Waals surface area contributed by atoms with Gasteiger partial charge in [-0.25, -0.2) is 0 Å². The van der Waals surface area contributed by atoms with Crippen molar-refractivity contribution in [3.05, 3.63) is 95.6 Å². The van der Waals surface area contributed by atoms with Gasteiger partial charge in [0.2, 0.25) is 5.91 Å². The van der Waals surface area contributed by atoms with Gasteiger partial charge in [-0.15, -0.1) is 0 Å². The number of nitrogens with two attached hydrogens (primary N) is 1. The van der Waals surface area contributed by atoms with Crippen molar-refractivity contribution in [2.24, 2.45) is 5.73 Å².